The van der Waals surface area contributed by atoms with Gasteiger partial charge < -0.3 is 0 Å². The Hall–Kier alpha value is -1.96. The van der Waals surface area contributed by atoms with Crippen molar-refractivity contribution in [3.8, 4) is 0 Å². The van der Waals surface area contributed by atoms with Crippen LogP contribution in [0.5, 0.6) is 0 Å². The molecule has 0 saturated heterocycles. The number of rotatable bonds is 11. The number of hydrogen-bond donors (Lipinski definition) is 0. The quantitative estimate of drug-likeness (QED) is 0.154. The van der Waals surface area contributed by atoms with Crippen molar-refractivity contribution < 1.29 is 141 Å². The first-order chi connectivity index (χ1) is 19.2. The van der Waals surface area contributed by atoms with Gasteiger partial charge in [0.1, 0.15) is 0 Å². The molecule has 0 atom stereocenters. The van der Waals surface area contributed by atoms with Crippen LogP contribution in [0.25, 0.3) is 0 Å². The molecular formula is C13F30O2Si. The monoisotopic (exact) mass is 786 g/mol. The topological polar surface area (TPSA) is 18.5 Å². The Labute approximate surface area is 228 Å². The van der Waals surface area contributed by atoms with E-state index in [1.807, 2.05) is 0 Å². The first-order valence-corrected chi connectivity index (χ1v) is 11.1. The third kappa shape index (κ3) is 5.95. The minimum Gasteiger partial charge on any atom is -0.296 e. The summed E-state index contributed by atoms with van der Waals surface area (Å²) in [6.45, 7) is 0. The highest BCUT2D eigenvalue weighted by molar-refractivity contribution is 6.72. The Balaban J connectivity index is 7.86. The molecule has 0 radical (unpaired) electrons. The lowest BCUT2D eigenvalue weighted by atomic mass is 9.87. The van der Waals surface area contributed by atoms with E-state index >= 15 is 0 Å². The zero-order valence-corrected chi connectivity index (χ0v) is 20.2. The lowest BCUT2D eigenvalue weighted by Crippen LogP contribution is -2.82. The van der Waals surface area contributed by atoms with Gasteiger partial charge in [0.2, 0.25) is 0 Å². The highest BCUT2D eigenvalue weighted by atomic mass is 28.4. The molecule has 0 aliphatic heterocycles. The Morgan fingerprint density at radius 2 is 0.457 bits per heavy atom. The lowest BCUT2D eigenvalue weighted by molar-refractivity contribution is -0.473. The van der Waals surface area contributed by atoms with E-state index in [-0.39, 0.29) is 0 Å². The van der Waals surface area contributed by atoms with E-state index in [2.05, 4.69) is 0 Å². The third-order valence-corrected chi connectivity index (χ3v) is 7.74. The molecule has 278 valence electrons. The zero-order chi connectivity index (χ0) is 38.4. The number of halogens is 30. The average Bonchev–Trinajstić information content (AvgIpc) is 2.73. The first-order valence-electron chi connectivity index (χ1n) is 9.24. The maximum atomic E-state index is 14.1. The van der Waals surface area contributed by atoms with Gasteiger partial charge in [-0.3, -0.25) is 8.85 Å². The third-order valence-electron chi connectivity index (χ3n) is 4.82. The molecule has 0 aromatic rings. The fourth-order valence-corrected chi connectivity index (χ4v) is 4.64. The number of alkyl halides is 30. The van der Waals surface area contributed by atoms with Gasteiger partial charge in [-0.2, -0.15) is 105 Å². The Morgan fingerprint density at radius 1 is 0.261 bits per heavy atom. The molecular weight excluding hydrogens is 786 g/mol. The number of hydrogen-bond acceptors (Lipinski definition) is 2. The predicted molar refractivity (Wildman–Crippen MR) is 76.7 cm³/mol. The van der Waals surface area contributed by atoms with E-state index in [1.165, 1.54) is 0 Å². The maximum absolute atomic E-state index is 14.1. The SMILES string of the molecule is FC(F)(F)O[Si](OC(F)(F)F)(C(F)(F)F)C(F)(F)C(F)(F)C(F)(F)C(F)(F)C(F)(F)C(F)(F)C(F)(F)C(F)(F)C(F)(F)C(F)(F)F. The second-order valence-corrected chi connectivity index (χ2v) is 10.7. The molecule has 0 rings (SSSR count). The second-order valence-electron chi connectivity index (χ2n) is 7.88. The van der Waals surface area contributed by atoms with Crippen molar-refractivity contribution in [1.29, 1.82) is 0 Å². The fourth-order valence-electron chi connectivity index (χ4n) is 2.53. The summed E-state index contributed by atoms with van der Waals surface area (Å²) in [4.78, 5) is 0. The second kappa shape index (κ2) is 10.8. The van der Waals surface area contributed by atoms with Gasteiger partial charge in [-0.25, -0.2) is 0 Å². The Bertz CT molecular complexity index is 1070. The van der Waals surface area contributed by atoms with Crippen molar-refractivity contribution in [2.24, 2.45) is 0 Å². The van der Waals surface area contributed by atoms with Gasteiger partial charge in [0.15, 0.2) is 0 Å². The van der Waals surface area contributed by atoms with Crippen LogP contribution in [0.4, 0.5) is 132 Å². The fraction of sp³-hybridized carbons (Fsp3) is 1.00. The maximum Gasteiger partial charge on any atom is 0.550 e. The van der Waals surface area contributed by atoms with E-state index in [1.54, 1.807) is 0 Å². The first kappa shape index (κ1) is 44.0. The standard InChI is InChI=1S/C13F30O2Si/c14-1(15,3(18,19)5(22,23)7(26,27)9(30,31)32)2(16,17)4(20,21)6(24,25)8(28,29)10(33,34)46(13(41,42)43,44-11(35,36)37)45-12(38,39)40. The van der Waals surface area contributed by atoms with Gasteiger partial charge >= 0.3 is 86.2 Å². The molecule has 0 aromatic heterocycles. The van der Waals surface area contributed by atoms with Crippen LogP contribution in [0.3, 0.4) is 0 Å². The molecule has 0 amide bonds. The largest absolute Gasteiger partial charge is 0.550 e. The smallest absolute Gasteiger partial charge is 0.296 e. The van der Waals surface area contributed by atoms with Gasteiger partial charge in [-0.1, -0.05) is 0 Å². The van der Waals surface area contributed by atoms with Gasteiger partial charge in [0.05, 0.1) is 0 Å². The molecule has 0 saturated carbocycles. The van der Waals surface area contributed by atoms with Gasteiger partial charge in [-0.05, 0) is 0 Å². The summed E-state index contributed by atoms with van der Waals surface area (Å²) in [7, 11) is -11.1. The Kier molecular flexibility index (Phi) is 10.3. The molecule has 0 aromatic carbocycles. The van der Waals surface area contributed by atoms with Crippen molar-refractivity contribution in [1.82, 2.24) is 0 Å². The van der Waals surface area contributed by atoms with Crippen LogP contribution in [-0.4, -0.2) is 86.2 Å². The summed E-state index contributed by atoms with van der Waals surface area (Å²) in [5.74, 6) is -86.1. The summed E-state index contributed by atoms with van der Waals surface area (Å²) >= 11 is 0. The molecule has 0 spiro atoms. The summed E-state index contributed by atoms with van der Waals surface area (Å²) in [6.07, 6.45) is -24.2. The Morgan fingerprint density at radius 3 is 0.630 bits per heavy atom. The van der Waals surface area contributed by atoms with E-state index in [4.69, 9.17) is 0 Å². The van der Waals surface area contributed by atoms with Crippen molar-refractivity contribution >= 4 is 8.56 Å². The van der Waals surface area contributed by atoms with Crippen LogP contribution >= 0.6 is 0 Å². The highest BCUT2D eigenvalue weighted by Crippen LogP contribution is 2.67. The van der Waals surface area contributed by atoms with E-state index in [0.717, 1.165) is 8.85 Å². The van der Waals surface area contributed by atoms with Crippen LogP contribution in [0.15, 0.2) is 0 Å². The molecule has 0 heterocycles. The summed E-state index contributed by atoms with van der Waals surface area (Å²) < 4.78 is 395. The molecule has 0 unspecified atom stereocenters. The van der Waals surface area contributed by atoms with E-state index in [9.17, 15) is 132 Å². The van der Waals surface area contributed by atoms with Crippen molar-refractivity contribution in [2.45, 2.75) is 77.6 Å². The van der Waals surface area contributed by atoms with Gasteiger partial charge in [-0.15, -0.1) is 26.3 Å². The molecule has 2 nitrogen and oxygen atoms in total. The van der Waals surface area contributed by atoms with Crippen LogP contribution in [0.2, 0.25) is 0 Å². The summed E-state index contributed by atoms with van der Waals surface area (Å²) in [5.41, 5.74) is -9.59. The molecule has 0 aliphatic carbocycles. The lowest BCUT2D eigenvalue weighted by Gasteiger charge is -2.46. The molecule has 0 aliphatic rings. The van der Waals surface area contributed by atoms with Crippen LogP contribution in [0, 0.1) is 0 Å². The van der Waals surface area contributed by atoms with Crippen LogP contribution in [0.1, 0.15) is 0 Å². The minimum absolute atomic E-state index is 1.06. The predicted octanol–water partition coefficient (Wildman–Crippen LogP) is 9.42. The minimum atomic E-state index is -11.1. The van der Waals surface area contributed by atoms with Crippen LogP contribution < -0.4 is 0 Å². The van der Waals surface area contributed by atoms with Crippen molar-refractivity contribution in [3.05, 3.63) is 0 Å². The molecule has 46 heavy (non-hydrogen) atoms. The summed E-state index contributed by atoms with van der Waals surface area (Å²) in [5, 5.41) is 0. The molecule has 0 bridgehead atoms. The van der Waals surface area contributed by atoms with Gasteiger partial charge in [0.25, 0.3) is 0 Å². The van der Waals surface area contributed by atoms with E-state index in [0.29, 0.717) is 0 Å². The summed E-state index contributed by atoms with van der Waals surface area (Å²) in [6, 6.07) is 0. The van der Waals surface area contributed by atoms with Crippen LogP contribution in [-0.2, 0) is 8.85 Å². The normalized spacial score (nSPS) is 17.1. The molecule has 0 fully saturated rings. The highest BCUT2D eigenvalue weighted by Gasteiger charge is 3.01. The average molecular weight is 786 g/mol. The zero-order valence-electron chi connectivity index (χ0n) is 19.2. The molecule has 33 heteroatoms. The van der Waals surface area contributed by atoms with Gasteiger partial charge in [0, 0.05) is 0 Å². The van der Waals surface area contributed by atoms with E-state index < -0.39 is 86.2 Å². The van der Waals surface area contributed by atoms with Crippen molar-refractivity contribution in [3.63, 3.8) is 0 Å². The molecule has 0 N–H and O–H groups in total. The van der Waals surface area contributed by atoms with Crippen molar-refractivity contribution in [2.75, 3.05) is 0 Å².